The predicted octanol–water partition coefficient (Wildman–Crippen LogP) is 2.02. The maximum atomic E-state index is 12.6. The second kappa shape index (κ2) is 3.55. The predicted molar refractivity (Wildman–Crippen MR) is 66.1 cm³/mol. The number of fused-ring (bicyclic) bond motifs is 4. The number of hydrogen-bond acceptors (Lipinski definition) is 3. The summed E-state index contributed by atoms with van der Waals surface area (Å²) in [5.74, 6) is 0.503. The van der Waals surface area contributed by atoms with Gasteiger partial charge in [-0.15, -0.1) is 0 Å². The van der Waals surface area contributed by atoms with E-state index in [0.29, 0.717) is 5.78 Å². The van der Waals surface area contributed by atoms with Crippen LogP contribution in [0.1, 0.15) is 26.7 Å². The molecule has 2 fully saturated rings. The molecule has 4 aliphatic heterocycles. The molecular weight excluding hydrogens is 228 g/mol. The number of hydrogen-bond donors (Lipinski definition) is 0. The van der Waals surface area contributed by atoms with E-state index in [-0.39, 0.29) is 36.3 Å². The van der Waals surface area contributed by atoms with Gasteiger partial charge in [-0.25, -0.2) is 0 Å². The molecule has 2 saturated heterocycles. The molecule has 4 heterocycles. The molecule has 6 unspecified atom stereocenters. The van der Waals surface area contributed by atoms with Crippen molar-refractivity contribution in [3.63, 3.8) is 0 Å². The highest BCUT2D eigenvalue weighted by molar-refractivity contribution is 5.86. The highest BCUT2D eigenvalue weighted by Crippen LogP contribution is 2.44. The van der Waals surface area contributed by atoms with Crippen LogP contribution >= 0.6 is 0 Å². The van der Waals surface area contributed by atoms with Crippen LogP contribution in [0.3, 0.4) is 0 Å². The second-order valence-corrected chi connectivity index (χ2v) is 6.09. The molecule has 0 aliphatic carbocycles. The van der Waals surface area contributed by atoms with Crippen LogP contribution < -0.4 is 0 Å². The molecule has 0 spiro atoms. The van der Waals surface area contributed by atoms with E-state index in [9.17, 15) is 4.79 Å². The third-order valence-corrected chi connectivity index (χ3v) is 4.97. The number of Topliss-reactive ketones (excluding diaryl/α,β-unsaturated/α-hetero) is 1. The average molecular weight is 246 g/mol. The van der Waals surface area contributed by atoms with Crippen LogP contribution in [0.15, 0.2) is 23.3 Å². The molecule has 18 heavy (non-hydrogen) atoms. The van der Waals surface area contributed by atoms with Gasteiger partial charge >= 0.3 is 0 Å². The minimum absolute atomic E-state index is 0.0340. The summed E-state index contributed by atoms with van der Waals surface area (Å²) in [5.41, 5.74) is 2.59. The van der Waals surface area contributed by atoms with Gasteiger partial charge < -0.3 is 9.47 Å². The van der Waals surface area contributed by atoms with Crippen molar-refractivity contribution in [1.29, 1.82) is 0 Å². The Labute approximate surface area is 107 Å². The molecule has 3 nitrogen and oxygen atoms in total. The molecule has 0 N–H and O–H groups in total. The van der Waals surface area contributed by atoms with E-state index in [1.165, 1.54) is 11.1 Å². The summed E-state index contributed by atoms with van der Waals surface area (Å²) in [7, 11) is 0. The van der Waals surface area contributed by atoms with Crippen molar-refractivity contribution < 1.29 is 14.3 Å². The summed E-state index contributed by atoms with van der Waals surface area (Å²) in [6.07, 6.45) is 6.47. The molecule has 0 saturated carbocycles. The lowest BCUT2D eigenvalue weighted by Gasteiger charge is -2.22. The lowest BCUT2D eigenvalue weighted by atomic mass is 9.77. The van der Waals surface area contributed by atoms with Crippen LogP contribution in [0.4, 0.5) is 0 Å². The van der Waals surface area contributed by atoms with Crippen molar-refractivity contribution in [2.24, 2.45) is 11.8 Å². The smallest absolute Gasteiger partial charge is 0.145 e. The summed E-state index contributed by atoms with van der Waals surface area (Å²) in [5, 5.41) is 0. The zero-order valence-corrected chi connectivity index (χ0v) is 10.8. The summed E-state index contributed by atoms with van der Waals surface area (Å²) in [6.45, 7) is 4.19. The molecule has 3 heteroatoms. The maximum absolute atomic E-state index is 12.6. The van der Waals surface area contributed by atoms with Crippen LogP contribution in [-0.2, 0) is 14.3 Å². The van der Waals surface area contributed by atoms with Crippen LogP contribution in [0.5, 0.6) is 0 Å². The SMILES string of the molecule is CC1=CC2OC1CC2C(=O)C1CC2OC1C=C2C. The lowest BCUT2D eigenvalue weighted by molar-refractivity contribution is -0.128. The van der Waals surface area contributed by atoms with Crippen molar-refractivity contribution in [2.45, 2.75) is 51.1 Å². The van der Waals surface area contributed by atoms with Gasteiger partial charge in [0.25, 0.3) is 0 Å². The fraction of sp³-hybridized carbons (Fsp3) is 0.667. The van der Waals surface area contributed by atoms with Gasteiger partial charge in [-0.2, -0.15) is 0 Å². The monoisotopic (exact) mass is 246 g/mol. The fourth-order valence-corrected chi connectivity index (χ4v) is 3.87. The van der Waals surface area contributed by atoms with Gasteiger partial charge in [0, 0.05) is 0 Å². The Kier molecular flexibility index (Phi) is 2.16. The van der Waals surface area contributed by atoms with Gasteiger partial charge in [0.1, 0.15) is 5.78 Å². The van der Waals surface area contributed by atoms with Crippen molar-refractivity contribution in [2.75, 3.05) is 0 Å². The molecule has 0 amide bonds. The summed E-state index contributed by atoms with van der Waals surface area (Å²) in [4.78, 5) is 12.6. The van der Waals surface area contributed by atoms with E-state index in [4.69, 9.17) is 9.47 Å². The number of ether oxygens (including phenoxy) is 2. The summed E-state index contributed by atoms with van der Waals surface area (Å²) in [6, 6.07) is 0. The topological polar surface area (TPSA) is 35.5 Å². The molecular formula is C15H18O3. The molecule has 6 atom stereocenters. The quantitative estimate of drug-likeness (QED) is 0.699. The zero-order chi connectivity index (χ0) is 12.4. The van der Waals surface area contributed by atoms with Crippen molar-refractivity contribution >= 4 is 5.78 Å². The average Bonchev–Trinajstić information content (AvgIpc) is 3.04. The molecule has 4 aliphatic rings. The van der Waals surface area contributed by atoms with Gasteiger partial charge in [-0.05, 0) is 37.8 Å². The van der Waals surface area contributed by atoms with Gasteiger partial charge in [0.15, 0.2) is 0 Å². The Hall–Kier alpha value is -0.930. The van der Waals surface area contributed by atoms with Crippen molar-refractivity contribution in [3.05, 3.63) is 23.3 Å². The molecule has 0 aromatic heterocycles. The first-order chi connectivity index (χ1) is 8.63. The molecule has 4 bridgehead atoms. The van der Waals surface area contributed by atoms with E-state index >= 15 is 0 Å². The standard InChI is InChI=1S/C15H18O3/c1-7-3-13-9(5-11(7)17-13)15(16)10-6-12-8(2)4-14(10)18-12/h3-4,9-14H,5-6H2,1-2H3. The second-order valence-electron chi connectivity index (χ2n) is 6.09. The van der Waals surface area contributed by atoms with Crippen LogP contribution in [0.25, 0.3) is 0 Å². The normalized spacial score (nSPS) is 48.6. The van der Waals surface area contributed by atoms with Gasteiger partial charge in [-0.1, -0.05) is 12.2 Å². The Morgan fingerprint density at radius 2 is 1.44 bits per heavy atom. The van der Waals surface area contributed by atoms with E-state index < -0.39 is 0 Å². The highest BCUT2D eigenvalue weighted by atomic mass is 16.5. The Balaban J connectivity index is 1.53. The third kappa shape index (κ3) is 1.35. The van der Waals surface area contributed by atoms with Crippen molar-refractivity contribution in [3.8, 4) is 0 Å². The third-order valence-electron chi connectivity index (χ3n) is 4.97. The molecule has 0 aromatic carbocycles. The van der Waals surface area contributed by atoms with Gasteiger partial charge in [0.2, 0.25) is 0 Å². The Bertz CT molecular complexity index is 434. The lowest BCUT2D eigenvalue weighted by Crippen LogP contribution is -2.34. The van der Waals surface area contributed by atoms with E-state index in [0.717, 1.165) is 12.8 Å². The Morgan fingerprint density at radius 1 is 1.00 bits per heavy atom. The van der Waals surface area contributed by atoms with Crippen LogP contribution in [0, 0.1) is 11.8 Å². The number of ketones is 1. The first kappa shape index (κ1) is 10.9. The van der Waals surface area contributed by atoms with Gasteiger partial charge in [0.05, 0.1) is 36.3 Å². The van der Waals surface area contributed by atoms with Crippen LogP contribution in [-0.4, -0.2) is 30.2 Å². The molecule has 96 valence electrons. The zero-order valence-electron chi connectivity index (χ0n) is 10.8. The Morgan fingerprint density at radius 3 is 1.72 bits per heavy atom. The maximum Gasteiger partial charge on any atom is 0.145 e. The molecule has 0 radical (unpaired) electrons. The number of carbonyl (C=O) groups is 1. The molecule has 4 rings (SSSR count). The van der Waals surface area contributed by atoms with Crippen molar-refractivity contribution in [1.82, 2.24) is 0 Å². The number of rotatable bonds is 2. The highest BCUT2D eigenvalue weighted by Gasteiger charge is 2.50. The largest absolute Gasteiger partial charge is 0.366 e. The summed E-state index contributed by atoms with van der Waals surface area (Å²) >= 11 is 0. The minimum atomic E-state index is 0.0340. The van der Waals surface area contributed by atoms with E-state index in [1.54, 1.807) is 0 Å². The first-order valence-corrected chi connectivity index (χ1v) is 6.85. The number of carbonyl (C=O) groups excluding carboxylic acids is 1. The van der Waals surface area contributed by atoms with E-state index in [1.807, 2.05) is 0 Å². The minimum Gasteiger partial charge on any atom is -0.366 e. The first-order valence-electron chi connectivity index (χ1n) is 6.85. The van der Waals surface area contributed by atoms with Gasteiger partial charge in [-0.3, -0.25) is 4.79 Å². The summed E-state index contributed by atoms with van der Waals surface area (Å²) < 4.78 is 11.6. The van der Waals surface area contributed by atoms with E-state index in [2.05, 4.69) is 26.0 Å². The molecule has 0 aromatic rings. The van der Waals surface area contributed by atoms with Crippen LogP contribution in [0.2, 0.25) is 0 Å². The fourth-order valence-electron chi connectivity index (χ4n) is 3.87.